The molecule has 0 saturated heterocycles. The SMILES string of the molecule is CC(C)(C)[S@](=O)N[C@@H](Cc1nc(Br)ccc1F)c1ccccc1-c1noc2cc(C#N)ccc12. The Hall–Kier alpha value is -2.93. The topological polar surface area (TPSA) is 91.8 Å². The molecule has 2 aromatic heterocycles. The van der Waals surface area contributed by atoms with Crippen LogP contribution in [0.4, 0.5) is 4.39 Å². The third-order valence-electron chi connectivity index (χ3n) is 5.28. The van der Waals surface area contributed by atoms with Gasteiger partial charge in [0.25, 0.3) is 0 Å². The zero-order valence-electron chi connectivity index (χ0n) is 18.8. The Morgan fingerprint density at radius 2 is 1.97 bits per heavy atom. The van der Waals surface area contributed by atoms with Crippen LogP contribution in [0.5, 0.6) is 0 Å². The minimum Gasteiger partial charge on any atom is -0.356 e. The Balaban J connectivity index is 1.83. The summed E-state index contributed by atoms with van der Waals surface area (Å²) in [5, 5.41) is 14.2. The molecule has 0 saturated carbocycles. The van der Waals surface area contributed by atoms with Crippen molar-refractivity contribution < 1.29 is 13.1 Å². The van der Waals surface area contributed by atoms with E-state index < -0.39 is 27.6 Å². The minimum absolute atomic E-state index is 0.165. The number of nitrogens with one attached hydrogen (secondary N) is 1. The maximum atomic E-state index is 14.6. The van der Waals surface area contributed by atoms with Crippen LogP contribution in [-0.2, 0) is 17.4 Å². The first-order valence-corrected chi connectivity index (χ1v) is 12.5. The summed E-state index contributed by atoms with van der Waals surface area (Å²) in [6.45, 7) is 5.61. The molecule has 0 aliphatic rings. The molecule has 0 amide bonds. The molecule has 4 rings (SSSR count). The van der Waals surface area contributed by atoms with Crippen LogP contribution in [0, 0.1) is 17.1 Å². The molecule has 34 heavy (non-hydrogen) atoms. The van der Waals surface area contributed by atoms with Gasteiger partial charge in [-0.15, -0.1) is 0 Å². The highest BCUT2D eigenvalue weighted by molar-refractivity contribution is 9.10. The fourth-order valence-electron chi connectivity index (χ4n) is 3.53. The highest BCUT2D eigenvalue weighted by atomic mass is 79.9. The van der Waals surface area contributed by atoms with Crippen molar-refractivity contribution in [3.05, 3.63) is 81.8 Å². The predicted octanol–water partition coefficient (Wildman–Crippen LogP) is 6.00. The van der Waals surface area contributed by atoms with E-state index in [0.717, 1.165) is 16.5 Å². The maximum Gasteiger partial charge on any atom is 0.168 e. The summed E-state index contributed by atoms with van der Waals surface area (Å²) in [7, 11) is -1.43. The molecule has 2 heterocycles. The third-order valence-corrected chi connectivity index (χ3v) is 7.33. The Morgan fingerprint density at radius 1 is 1.21 bits per heavy atom. The second-order valence-corrected chi connectivity index (χ2v) is 11.6. The van der Waals surface area contributed by atoms with Crippen LogP contribution in [0.25, 0.3) is 22.2 Å². The van der Waals surface area contributed by atoms with Crippen LogP contribution in [0.2, 0.25) is 0 Å². The molecule has 0 bridgehead atoms. The number of nitrogens with zero attached hydrogens (tertiary/aromatic N) is 3. The molecular weight excluding hydrogens is 519 g/mol. The van der Waals surface area contributed by atoms with Gasteiger partial charge in [0.1, 0.15) is 16.1 Å². The summed E-state index contributed by atoms with van der Waals surface area (Å²) in [6, 6.07) is 17.1. The molecule has 9 heteroatoms. The molecule has 0 spiro atoms. The number of nitriles is 1. The molecule has 6 nitrogen and oxygen atoms in total. The van der Waals surface area contributed by atoms with Gasteiger partial charge in [0.05, 0.1) is 39.1 Å². The van der Waals surface area contributed by atoms with Gasteiger partial charge in [0, 0.05) is 23.4 Å². The summed E-state index contributed by atoms with van der Waals surface area (Å²) in [5.74, 6) is -0.440. The lowest BCUT2D eigenvalue weighted by Crippen LogP contribution is -2.37. The van der Waals surface area contributed by atoms with Crippen LogP contribution in [-0.4, -0.2) is 19.1 Å². The Bertz CT molecular complexity index is 1420. The number of hydrogen-bond donors (Lipinski definition) is 1. The van der Waals surface area contributed by atoms with Crippen molar-refractivity contribution in [3.63, 3.8) is 0 Å². The molecule has 2 atom stereocenters. The second-order valence-electron chi connectivity index (χ2n) is 8.76. The molecule has 4 aromatic rings. The van der Waals surface area contributed by atoms with Gasteiger partial charge in [0.15, 0.2) is 5.58 Å². The molecule has 0 aliphatic carbocycles. The molecule has 0 aliphatic heterocycles. The van der Waals surface area contributed by atoms with Crippen molar-refractivity contribution in [2.24, 2.45) is 0 Å². The van der Waals surface area contributed by atoms with E-state index >= 15 is 0 Å². The minimum atomic E-state index is -1.43. The van der Waals surface area contributed by atoms with Crippen molar-refractivity contribution in [2.45, 2.75) is 38.0 Å². The largest absolute Gasteiger partial charge is 0.356 e. The van der Waals surface area contributed by atoms with Crippen LogP contribution in [0.1, 0.15) is 43.6 Å². The molecular formula is C25H22BrFN4O2S. The summed E-state index contributed by atoms with van der Waals surface area (Å²) in [5.41, 5.74) is 3.33. The molecule has 0 radical (unpaired) electrons. The lowest BCUT2D eigenvalue weighted by Gasteiger charge is -2.26. The van der Waals surface area contributed by atoms with Crippen molar-refractivity contribution >= 4 is 37.9 Å². The average molecular weight is 541 g/mol. The number of rotatable bonds is 6. The van der Waals surface area contributed by atoms with Gasteiger partial charge >= 0.3 is 0 Å². The van der Waals surface area contributed by atoms with Crippen LogP contribution >= 0.6 is 15.9 Å². The molecule has 0 unspecified atom stereocenters. The Labute approximate surface area is 207 Å². The van der Waals surface area contributed by atoms with Gasteiger partial charge < -0.3 is 4.52 Å². The fourth-order valence-corrected chi connectivity index (χ4v) is 4.70. The monoisotopic (exact) mass is 540 g/mol. The molecule has 174 valence electrons. The number of benzene rings is 2. The third kappa shape index (κ3) is 5.09. The average Bonchev–Trinajstić information content (AvgIpc) is 3.23. The van der Waals surface area contributed by atoms with E-state index in [1.807, 2.05) is 45.0 Å². The molecule has 2 aromatic carbocycles. The number of halogens is 2. The van der Waals surface area contributed by atoms with Crippen LogP contribution in [0.3, 0.4) is 0 Å². The normalized spacial score (nSPS) is 13.5. The lowest BCUT2D eigenvalue weighted by atomic mass is 9.94. The van der Waals surface area contributed by atoms with Crippen molar-refractivity contribution in [1.29, 1.82) is 5.26 Å². The van der Waals surface area contributed by atoms with Gasteiger partial charge in [-0.05, 0) is 66.5 Å². The number of hydrogen-bond acceptors (Lipinski definition) is 5. The van der Waals surface area contributed by atoms with Gasteiger partial charge in [-0.1, -0.05) is 29.4 Å². The zero-order valence-corrected chi connectivity index (χ0v) is 21.2. The summed E-state index contributed by atoms with van der Waals surface area (Å²) >= 11 is 3.31. The van der Waals surface area contributed by atoms with E-state index in [2.05, 4.69) is 36.9 Å². The Morgan fingerprint density at radius 3 is 2.71 bits per heavy atom. The Kier molecular flexibility index (Phi) is 6.94. The first-order chi connectivity index (χ1) is 16.2. The van der Waals surface area contributed by atoms with E-state index in [-0.39, 0.29) is 12.1 Å². The maximum absolute atomic E-state index is 14.6. The van der Waals surface area contributed by atoms with Crippen molar-refractivity contribution in [3.8, 4) is 17.3 Å². The lowest BCUT2D eigenvalue weighted by molar-refractivity contribution is 0.459. The quantitative estimate of drug-likeness (QED) is 0.303. The highest BCUT2D eigenvalue weighted by Gasteiger charge is 2.27. The smallest absolute Gasteiger partial charge is 0.168 e. The van der Waals surface area contributed by atoms with Crippen LogP contribution in [0.15, 0.2) is 63.7 Å². The molecule has 0 fully saturated rings. The number of aromatic nitrogens is 2. The summed E-state index contributed by atoms with van der Waals surface area (Å²) in [6.07, 6.45) is 0.165. The fraction of sp³-hybridized carbons (Fsp3) is 0.240. The first-order valence-electron chi connectivity index (χ1n) is 10.5. The van der Waals surface area contributed by atoms with Gasteiger partial charge in [0.2, 0.25) is 0 Å². The number of fused-ring (bicyclic) bond motifs is 1. The van der Waals surface area contributed by atoms with E-state index in [0.29, 0.717) is 21.4 Å². The highest BCUT2D eigenvalue weighted by Crippen LogP contribution is 2.35. The van der Waals surface area contributed by atoms with E-state index in [9.17, 15) is 13.9 Å². The van der Waals surface area contributed by atoms with E-state index in [1.54, 1.807) is 24.3 Å². The van der Waals surface area contributed by atoms with Crippen molar-refractivity contribution in [2.75, 3.05) is 0 Å². The standard InChI is InChI=1S/C25H22BrFN4O2S/c1-25(2,3)34(32)31-20(13-21-19(27)10-11-23(26)29-21)16-6-4-5-7-17(16)24-18-9-8-15(14-28)12-22(18)33-30-24/h4-12,20,31H,13H2,1-3H3/t20-,34-/m0/s1. The van der Waals surface area contributed by atoms with Gasteiger partial charge in [-0.3, -0.25) is 0 Å². The first kappa shape index (κ1) is 24.2. The van der Waals surface area contributed by atoms with E-state index in [1.165, 1.54) is 6.07 Å². The number of pyridine rings is 1. The predicted molar refractivity (Wildman–Crippen MR) is 134 cm³/mol. The summed E-state index contributed by atoms with van der Waals surface area (Å²) in [4.78, 5) is 4.31. The summed E-state index contributed by atoms with van der Waals surface area (Å²) < 4.78 is 36.4. The second kappa shape index (κ2) is 9.74. The molecule has 1 N–H and O–H groups in total. The van der Waals surface area contributed by atoms with Gasteiger partial charge in [-0.2, -0.15) is 5.26 Å². The zero-order chi connectivity index (χ0) is 24.5. The van der Waals surface area contributed by atoms with Crippen LogP contribution < -0.4 is 4.72 Å². The van der Waals surface area contributed by atoms with Gasteiger partial charge in [-0.25, -0.2) is 18.3 Å². The van der Waals surface area contributed by atoms with E-state index in [4.69, 9.17) is 4.52 Å². The van der Waals surface area contributed by atoms with Crippen molar-refractivity contribution in [1.82, 2.24) is 14.9 Å².